The maximum atomic E-state index is 13.9. The summed E-state index contributed by atoms with van der Waals surface area (Å²) in [6.45, 7) is 1.83. The van der Waals surface area contributed by atoms with Gasteiger partial charge in [-0.25, -0.2) is 4.79 Å². The minimum atomic E-state index is -1.36. The number of nitrogens with zero attached hydrogens (tertiary/aromatic N) is 1. The van der Waals surface area contributed by atoms with Crippen LogP contribution in [0.3, 0.4) is 0 Å². The number of piperidine rings is 1. The van der Waals surface area contributed by atoms with Crippen molar-refractivity contribution in [1.82, 2.24) is 20.9 Å². The van der Waals surface area contributed by atoms with E-state index in [2.05, 4.69) is 16.0 Å². The molecule has 234 valence electrons. The number of amides is 4. The number of carbonyl (C=O) groups is 4. The first-order valence-electron chi connectivity index (χ1n) is 14.3. The molecule has 43 heavy (non-hydrogen) atoms. The topological polar surface area (TPSA) is 157 Å². The first-order chi connectivity index (χ1) is 20.6. The van der Waals surface area contributed by atoms with Gasteiger partial charge in [0.1, 0.15) is 12.1 Å². The van der Waals surface area contributed by atoms with Crippen LogP contribution in [0.1, 0.15) is 37.3 Å². The number of hydrogen-bond acceptors (Lipinski definition) is 6. The predicted molar refractivity (Wildman–Crippen MR) is 162 cm³/mol. The Balaban J connectivity index is 1.86. The fourth-order valence-electron chi connectivity index (χ4n) is 5.47. The molecule has 0 aromatic heterocycles. The molecule has 12 heteroatoms. The zero-order valence-electron chi connectivity index (χ0n) is 24.6. The second-order valence-electron chi connectivity index (χ2n) is 11.0. The van der Waals surface area contributed by atoms with Gasteiger partial charge in [0.25, 0.3) is 0 Å². The Hall–Kier alpha value is -3.67. The molecule has 0 spiro atoms. The van der Waals surface area contributed by atoms with Crippen molar-refractivity contribution in [1.29, 1.82) is 0 Å². The van der Waals surface area contributed by atoms with Crippen LogP contribution in [0.2, 0.25) is 5.02 Å². The molecule has 11 nitrogen and oxygen atoms in total. The van der Waals surface area contributed by atoms with Crippen molar-refractivity contribution in [3.05, 3.63) is 70.7 Å². The standard InChI is InChI=1S/C31H41ClN4O7/c1-21(33-30(41)42)27(38)34-26(19-43-2)28(39)35-31(18-23-9-11-25(32)12-10-23)14-6-15-36(20-31)29(40)24(13-16-37)17-22-7-4-3-5-8-22/h3-5,7-12,21,24,26,33,37H,6,13-20H2,1-2H3,(H,34,38)(H,35,39)(H,41,42)/t21-,24-,26-,31+/m0/s1. The predicted octanol–water partition coefficient (Wildman–Crippen LogP) is 2.39. The normalized spacial score (nSPS) is 18.7. The number of carbonyl (C=O) groups excluding carboxylic acids is 3. The summed E-state index contributed by atoms with van der Waals surface area (Å²) in [7, 11) is 1.39. The minimum Gasteiger partial charge on any atom is -0.465 e. The summed E-state index contributed by atoms with van der Waals surface area (Å²) in [6.07, 6.45) is 1.02. The van der Waals surface area contributed by atoms with Gasteiger partial charge in [0.15, 0.2) is 0 Å². The summed E-state index contributed by atoms with van der Waals surface area (Å²) in [4.78, 5) is 52.9. The van der Waals surface area contributed by atoms with Gasteiger partial charge in [-0.2, -0.15) is 0 Å². The molecule has 2 aromatic carbocycles. The fraction of sp³-hybridized carbons (Fsp3) is 0.484. The van der Waals surface area contributed by atoms with E-state index in [1.165, 1.54) is 14.0 Å². The molecule has 0 radical (unpaired) electrons. The molecule has 4 atom stereocenters. The second kappa shape index (κ2) is 16.3. The summed E-state index contributed by atoms with van der Waals surface area (Å²) in [6, 6.07) is 14.7. The number of aliphatic hydroxyl groups is 1. The van der Waals surface area contributed by atoms with E-state index in [0.29, 0.717) is 43.7 Å². The molecule has 2 aromatic rings. The molecule has 0 aliphatic carbocycles. The van der Waals surface area contributed by atoms with Crippen molar-refractivity contribution < 1.29 is 34.1 Å². The molecule has 1 heterocycles. The number of halogens is 1. The number of rotatable bonds is 14. The lowest BCUT2D eigenvalue weighted by molar-refractivity contribution is -0.140. The van der Waals surface area contributed by atoms with Gasteiger partial charge in [-0.3, -0.25) is 14.4 Å². The van der Waals surface area contributed by atoms with E-state index in [9.17, 15) is 24.3 Å². The fourth-order valence-corrected chi connectivity index (χ4v) is 5.60. The quantitative estimate of drug-likeness (QED) is 0.218. The van der Waals surface area contributed by atoms with Crippen LogP contribution in [0, 0.1) is 5.92 Å². The molecular formula is C31H41ClN4O7. The van der Waals surface area contributed by atoms with Crippen molar-refractivity contribution in [2.75, 3.05) is 33.4 Å². The van der Waals surface area contributed by atoms with Gasteiger partial charge in [-0.15, -0.1) is 0 Å². The molecule has 4 amide bonds. The molecule has 0 unspecified atom stereocenters. The molecule has 5 N–H and O–H groups in total. The van der Waals surface area contributed by atoms with Crippen molar-refractivity contribution in [3.63, 3.8) is 0 Å². The molecule has 1 aliphatic heterocycles. The van der Waals surface area contributed by atoms with E-state index >= 15 is 0 Å². The summed E-state index contributed by atoms with van der Waals surface area (Å²) in [5.74, 6) is -1.72. The largest absolute Gasteiger partial charge is 0.465 e. The van der Waals surface area contributed by atoms with Crippen molar-refractivity contribution >= 4 is 35.4 Å². The van der Waals surface area contributed by atoms with E-state index < -0.39 is 41.4 Å². The number of hydrogen-bond donors (Lipinski definition) is 5. The van der Waals surface area contributed by atoms with Crippen LogP contribution in [0.15, 0.2) is 54.6 Å². The van der Waals surface area contributed by atoms with Crippen molar-refractivity contribution in [2.45, 2.75) is 56.7 Å². The summed E-state index contributed by atoms with van der Waals surface area (Å²) in [5.41, 5.74) is 1.02. The van der Waals surface area contributed by atoms with E-state index in [4.69, 9.17) is 21.4 Å². The number of likely N-dealkylation sites (tertiary alicyclic amines) is 1. The molecule has 1 saturated heterocycles. The summed E-state index contributed by atoms with van der Waals surface area (Å²) < 4.78 is 5.20. The third-order valence-electron chi connectivity index (χ3n) is 7.58. The maximum absolute atomic E-state index is 13.9. The number of aliphatic hydroxyl groups excluding tert-OH is 1. The van der Waals surface area contributed by atoms with Gasteiger partial charge < -0.3 is 35.8 Å². The van der Waals surface area contributed by atoms with E-state index in [1.54, 1.807) is 17.0 Å². The average Bonchev–Trinajstić information content (AvgIpc) is 2.97. The highest BCUT2D eigenvalue weighted by Gasteiger charge is 2.41. The first kappa shape index (κ1) is 33.8. The van der Waals surface area contributed by atoms with Crippen LogP contribution < -0.4 is 16.0 Å². The van der Waals surface area contributed by atoms with Gasteiger partial charge in [0, 0.05) is 37.7 Å². The van der Waals surface area contributed by atoms with Crippen LogP contribution in [0.5, 0.6) is 0 Å². The Labute approximate surface area is 256 Å². The van der Waals surface area contributed by atoms with Crippen molar-refractivity contribution in [2.24, 2.45) is 5.92 Å². The van der Waals surface area contributed by atoms with E-state index in [0.717, 1.165) is 11.1 Å². The Morgan fingerprint density at radius 2 is 1.72 bits per heavy atom. The third-order valence-corrected chi connectivity index (χ3v) is 7.84. The maximum Gasteiger partial charge on any atom is 0.405 e. The van der Waals surface area contributed by atoms with E-state index in [1.807, 2.05) is 42.5 Å². The SMILES string of the molecule is COC[C@H](NC(=O)[C@H](C)NC(=O)O)C(=O)N[C@@]1(Cc2ccc(Cl)cc2)CCCN(C(=O)[C@@H](CCO)Cc2ccccc2)C1. The van der Waals surface area contributed by atoms with Crippen LogP contribution in [-0.4, -0.2) is 90.0 Å². The number of ether oxygens (including phenoxy) is 1. The summed E-state index contributed by atoms with van der Waals surface area (Å²) >= 11 is 6.11. The highest BCUT2D eigenvalue weighted by Crippen LogP contribution is 2.29. The number of carboxylic acid groups (broad SMARTS) is 1. The highest BCUT2D eigenvalue weighted by atomic mass is 35.5. The number of methoxy groups -OCH3 is 1. The van der Waals surface area contributed by atoms with Crippen LogP contribution in [-0.2, 0) is 32.0 Å². The highest BCUT2D eigenvalue weighted by molar-refractivity contribution is 6.30. The van der Waals surface area contributed by atoms with Crippen LogP contribution in [0.4, 0.5) is 4.79 Å². The molecular weight excluding hydrogens is 576 g/mol. The molecule has 3 rings (SSSR count). The van der Waals surface area contributed by atoms with Gasteiger partial charge in [0.05, 0.1) is 12.1 Å². The molecule has 1 aliphatic rings. The molecule has 1 fully saturated rings. The van der Waals surface area contributed by atoms with Gasteiger partial charge in [-0.05, 0) is 62.3 Å². The number of nitrogens with one attached hydrogen (secondary N) is 3. The zero-order valence-corrected chi connectivity index (χ0v) is 25.3. The summed E-state index contributed by atoms with van der Waals surface area (Å²) in [5, 5.41) is 27.0. The zero-order chi connectivity index (χ0) is 31.4. The Bertz CT molecular complexity index is 1230. The second-order valence-corrected chi connectivity index (χ2v) is 11.5. The molecule has 0 bridgehead atoms. The van der Waals surface area contributed by atoms with Crippen LogP contribution >= 0.6 is 11.6 Å². The van der Waals surface area contributed by atoms with Gasteiger partial charge >= 0.3 is 6.09 Å². The first-order valence-corrected chi connectivity index (χ1v) is 14.7. The van der Waals surface area contributed by atoms with Gasteiger partial charge in [-0.1, -0.05) is 54.1 Å². The lowest BCUT2D eigenvalue weighted by atomic mass is 9.82. The van der Waals surface area contributed by atoms with Crippen molar-refractivity contribution in [3.8, 4) is 0 Å². The van der Waals surface area contributed by atoms with Gasteiger partial charge in [0.2, 0.25) is 17.7 Å². The third kappa shape index (κ3) is 10.2. The lowest BCUT2D eigenvalue weighted by Crippen LogP contribution is -2.65. The molecule has 0 saturated carbocycles. The Morgan fingerprint density at radius 3 is 2.35 bits per heavy atom. The average molecular weight is 617 g/mol. The Kier molecular flexibility index (Phi) is 12.8. The van der Waals surface area contributed by atoms with E-state index in [-0.39, 0.29) is 25.7 Å². The van der Waals surface area contributed by atoms with Crippen LogP contribution in [0.25, 0.3) is 0 Å². The minimum absolute atomic E-state index is 0.0948. The Morgan fingerprint density at radius 1 is 1.02 bits per heavy atom. The lowest BCUT2D eigenvalue weighted by Gasteiger charge is -2.45. The smallest absolute Gasteiger partial charge is 0.405 e. The monoisotopic (exact) mass is 616 g/mol. The number of benzene rings is 2.